The first kappa shape index (κ1) is 89.5. The summed E-state index contributed by atoms with van der Waals surface area (Å²) < 4.78 is 40.0. The lowest BCUT2D eigenvalue weighted by atomic mass is 10.0. The van der Waals surface area contributed by atoms with E-state index in [0.717, 1.165) is 49.1 Å². The lowest BCUT2D eigenvalue weighted by Gasteiger charge is -2.29. The molecule has 0 radical (unpaired) electrons. The molecule has 112 heavy (non-hydrogen) atoms. The van der Waals surface area contributed by atoms with Crippen LogP contribution in [-0.4, -0.2) is 34.5 Å². The van der Waals surface area contributed by atoms with Crippen LogP contribution in [0, 0.1) is 480 Å². The first-order chi connectivity index (χ1) is 55.0. The highest BCUT2D eigenvalue weighted by molar-refractivity contribution is 7.80. The van der Waals surface area contributed by atoms with Crippen LogP contribution in [-0.2, 0) is 11.0 Å². The van der Waals surface area contributed by atoms with Crippen molar-refractivity contribution < 1.29 is 18.0 Å². The van der Waals surface area contributed by atoms with Crippen LogP contribution in [0.25, 0.3) is 15.3 Å². The number of carbonyl (C=O) groups is 1. The number of alkyl halides is 3. The Kier molecular flexibility index (Phi) is 53.1. The molecule has 2 rings (SSSR count). The minimum absolute atomic E-state index is 0.00310. The van der Waals surface area contributed by atoms with Crippen molar-refractivity contribution in [3.05, 3.63) is 45.6 Å². The van der Waals surface area contributed by atoms with E-state index >= 15 is 0 Å². The van der Waals surface area contributed by atoms with Crippen molar-refractivity contribution in [2.24, 2.45) is 5.11 Å². The minimum atomic E-state index is -4.71. The molecule has 0 atom stereocenters. The van der Waals surface area contributed by atoms with Crippen molar-refractivity contribution >= 4 is 34.6 Å². The smallest absolute Gasteiger partial charge is 0.334 e. The van der Waals surface area contributed by atoms with Gasteiger partial charge in [0.15, 0.2) is 16.9 Å². The van der Waals surface area contributed by atoms with Gasteiger partial charge >= 0.3 is 6.18 Å². The third kappa shape index (κ3) is 51.6. The Morgan fingerprint density at radius 2 is 0.616 bits per heavy atom. The molecule has 494 valence electrons. The molecule has 1 aliphatic heterocycles. The van der Waals surface area contributed by atoms with Crippen molar-refractivity contribution in [2.75, 3.05) is 18.0 Å². The number of hydrogen-bond donors (Lipinski definition) is 0. The van der Waals surface area contributed by atoms with Crippen molar-refractivity contribution in [1.82, 2.24) is 4.90 Å². The zero-order valence-electron chi connectivity index (χ0n) is 58.3. The summed E-state index contributed by atoms with van der Waals surface area (Å²) in [6, 6.07) is 4.81. The van der Waals surface area contributed by atoms with Crippen LogP contribution in [0.15, 0.2) is 23.3 Å². The summed E-state index contributed by atoms with van der Waals surface area (Å²) in [5.74, 6) is 194. The molecule has 1 saturated heterocycles. The summed E-state index contributed by atoms with van der Waals surface area (Å²) in [4.78, 5) is 21.5. The maximum absolute atomic E-state index is 13.3. The number of thiocarbonyl (C=S) groups is 1. The molecule has 0 N–H and O–H groups in total. The Balaban J connectivity index is 0.00000167. The van der Waals surface area contributed by atoms with Crippen LogP contribution < -0.4 is 4.90 Å². The molecule has 1 aliphatic rings. The Labute approximate surface area is 659 Å². The number of unbranched alkanes of at least 4 members (excludes halogenated alkanes) is 4. The molecular formula is C100H26F3N7OS. The SMILES string of the molecule is CC#CC#CC#CC#CC#CC#CC#CC#CC#CC#CC#CC#CC#CC#CC#CC#CC#CC#CC#CC#CC#CC#CC#CC#CC#CC#CC#CC#CC#CC#CC#CC#CC#CC#CC#CC#CC#CC#CC#CC#N.[C-]#[N+]c1ccc(N2C(=O)C(C)(C)N(CCCCCCCN=[N+]=[N-])C2=S)cc1C(F)(F)F. The van der Waals surface area contributed by atoms with Gasteiger partial charge in [-0.05, 0) is 111 Å². The molecule has 0 bridgehead atoms. The second-order valence-electron chi connectivity index (χ2n) is 17.7. The van der Waals surface area contributed by atoms with Crippen molar-refractivity contribution in [3.8, 4) is 468 Å². The van der Waals surface area contributed by atoms with Gasteiger partial charge in [0.1, 0.15) is 5.54 Å². The van der Waals surface area contributed by atoms with Crippen LogP contribution in [0.1, 0.15) is 58.4 Å². The van der Waals surface area contributed by atoms with E-state index in [1.165, 1.54) is 6.07 Å². The van der Waals surface area contributed by atoms with Crippen LogP contribution in [0.2, 0.25) is 0 Å². The summed E-state index contributed by atoms with van der Waals surface area (Å²) in [5, 5.41) is 11.9. The van der Waals surface area contributed by atoms with Gasteiger partial charge < -0.3 is 4.90 Å². The number of amides is 1. The molecule has 1 amide bonds. The minimum Gasteiger partial charge on any atom is -0.334 e. The maximum Gasteiger partial charge on any atom is 0.407 e. The van der Waals surface area contributed by atoms with E-state index < -0.39 is 28.9 Å². The maximum atomic E-state index is 13.3. The third-order valence-corrected chi connectivity index (χ3v) is 10.5. The molecule has 0 aromatic heterocycles. The van der Waals surface area contributed by atoms with E-state index in [0.29, 0.717) is 13.1 Å². The van der Waals surface area contributed by atoms with Crippen molar-refractivity contribution in [1.29, 1.82) is 5.26 Å². The number of hydrogen-bond acceptors (Lipinski definition) is 4. The molecular weight excluding hydrogens is 1400 g/mol. The average Bonchev–Trinajstić information content (AvgIpc) is 1.60. The average molecular weight is 1430 g/mol. The van der Waals surface area contributed by atoms with Gasteiger partial charge in [-0.2, -0.15) is 18.4 Å². The molecule has 8 nitrogen and oxygen atoms in total. The molecule has 1 aromatic carbocycles. The van der Waals surface area contributed by atoms with Crippen molar-refractivity contribution in [3.63, 3.8) is 0 Å². The molecule has 0 saturated carbocycles. The number of nitrogens with zero attached hydrogens (tertiary/aromatic N) is 7. The van der Waals surface area contributed by atoms with Gasteiger partial charge in [-0.1, -0.05) is 36.4 Å². The first-order valence-corrected chi connectivity index (χ1v) is 30.4. The second-order valence-corrected chi connectivity index (χ2v) is 18.0. The van der Waals surface area contributed by atoms with E-state index in [1.807, 2.05) is 0 Å². The normalized spacial score (nSPS) is 7.21. The van der Waals surface area contributed by atoms with Crippen molar-refractivity contribution in [2.45, 2.75) is 64.6 Å². The predicted molar refractivity (Wildman–Crippen MR) is 430 cm³/mol. The third-order valence-electron chi connectivity index (χ3n) is 10.1. The van der Waals surface area contributed by atoms with Gasteiger partial charge in [0, 0.05) is 432 Å². The number of benzene rings is 1. The standard InChI is InChI=1S/C80H3N.C20H23F3N6OS/c1-2-3-4-5-6-7-8-9-10-11-12-13-14-15-16-17-18-19-20-21-22-23-24-25-26-27-28-29-30-31-32-33-34-35-36-37-38-39-40-41-42-43-44-45-46-47-48-49-50-51-52-53-54-55-56-57-58-59-60-61-62-63-64-65-66-67-68-69-70-71-72-73-74-75-76-77-78-79-80-81;1-19(2)17(30)29(14-9-10-16(25-3)15(13-14)20(21,22)23)18(31)28(19)12-8-6-4-5-7-11-26-27-24/h1H3;9-10,13H,4-8,11-12H2,1-2H3. The molecule has 0 aliphatic carbocycles. The Morgan fingerprint density at radius 3 is 0.830 bits per heavy atom. The van der Waals surface area contributed by atoms with Gasteiger partial charge in [0.2, 0.25) is 0 Å². The Hall–Kier alpha value is -20.5. The van der Waals surface area contributed by atoms with E-state index in [2.05, 4.69) is 477 Å². The van der Waals surface area contributed by atoms with Gasteiger partial charge in [0.25, 0.3) is 5.91 Å². The summed E-state index contributed by atoms with van der Waals surface area (Å²) in [6.07, 6.45) is -0.396. The van der Waals surface area contributed by atoms with E-state index in [9.17, 15) is 18.0 Å². The monoisotopic (exact) mass is 1430 g/mol. The number of carbonyl (C=O) groups excluding carboxylic acids is 1. The number of azide groups is 1. The number of halogens is 3. The quantitative estimate of drug-likeness (QED) is 0.0512. The largest absolute Gasteiger partial charge is 0.407 e. The summed E-state index contributed by atoms with van der Waals surface area (Å²) >= 11 is 5.46. The second kappa shape index (κ2) is 66.4. The highest BCUT2D eigenvalue weighted by Crippen LogP contribution is 2.41. The fourth-order valence-electron chi connectivity index (χ4n) is 5.89. The zero-order chi connectivity index (χ0) is 81.1. The fourth-order valence-corrected chi connectivity index (χ4v) is 6.40. The molecule has 0 unspecified atom stereocenters. The highest BCUT2D eigenvalue weighted by atomic mass is 32.1. The van der Waals surface area contributed by atoms with Gasteiger partial charge in [-0.25, -0.2) is 4.85 Å². The number of nitriles is 1. The number of anilines is 1. The fraction of sp³-hybridized carbons (Fsp3) is 0.120. The number of rotatable bonds is 9. The lowest BCUT2D eigenvalue weighted by Crippen LogP contribution is -2.44. The highest BCUT2D eigenvalue weighted by Gasteiger charge is 2.49. The topological polar surface area (TPSA) is 100 Å². The Morgan fingerprint density at radius 1 is 0.393 bits per heavy atom. The van der Waals surface area contributed by atoms with E-state index in [1.54, 1.807) is 31.7 Å². The Bertz CT molecular complexity index is 7030. The zero-order valence-corrected chi connectivity index (χ0v) is 59.1. The van der Waals surface area contributed by atoms with Gasteiger partial charge in [0.05, 0.1) is 12.1 Å². The summed E-state index contributed by atoms with van der Waals surface area (Å²) in [5.41, 5.74) is 5.65. The van der Waals surface area contributed by atoms with E-state index in [4.69, 9.17) is 29.6 Å². The first-order valence-electron chi connectivity index (χ1n) is 30.0. The molecule has 1 heterocycles. The van der Waals surface area contributed by atoms with Gasteiger partial charge in [-0.3, -0.25) is 9.69 Å². The van der Waals surface area contributed by atoms with E-state index in [-0.39, 0.29) is 10.8 Å². The molecule has 0 spiro atoms. The molecule has 12 heteroatoms. The van der Waals surface area contributed by atoms with Gasteiger partial charge in [-0.15, -0.1) is 0 Å². The van der Waals surface area contributed by atoms with Crippen LogP contribution >= 0.6 is 12.2 Å². The summed E-state index contributed by atoms with van der Waals surface area (Å²) in [7, 11) is 0. The molecule has 1 fully saturated rings. The lowest BCUT2D eigenvalue weighted by molar-refractivity contribution is -0.136. The van der Waals surface area contributed by atoms with Crippen LogP contribution in [0.4, 0.5) is 24.5 Å². The van der Waals surface area contributed by atoms with Crippen LogP contribution in [0.5, 0.6) is 0 Å². The summed E-state index contributed by atoms with van der Waals surface area (Å²) in [6.45, 7) is 13.0. The molecule has 1 aromatic rings. The van der Waals surface area contributed by atoms with Crippen LogP contribution in [0.3, 0.4) is 0 Å². The predicted octanol–water partition coefficient (Wildman–Crippen LogP) is 6.89.